The molecule has 0 aliphatic carbocycles. The molecule has 0 radical (unpaired) electrons. The Hall–Kier alpha value is -2.04. The van der Waals surface area contributed by atoms with Gasteiger partial charge in [0.25, 0.3) is 0 Å². The summed E-state index contributed by atoms with van der Waals surface area (Å²) in [6.07, 6.45) is 0. The van der Waals surface area contributed by atoms with E-state index in [1.807, 2.05) is 6.92 Å². The van der Waals surface area contributed by atoms with Crippen LogP contribution in [0.1, 0.15) is 31.8 Å². The van der Waals surface area contributed by atoms with Crippen LogP contribution in [0.2, 0.25) is 0 Å². The van der Waals surface area contributed by atoms with Crippen LogP contribution in [0.15, 0.2) is 6.07 Å². The smallest absolute Gasteiger partial charge is 0.339 e. The fourth-order valence-electron chi connectivity index (χ4n) is 1.73. The molecular weight excluding hydrogens is 236 g/mol. The molecule has 0 aliphatic rings. The van der Waals surface area contributed by atoms with E-state index in [2.05, 4.69) is 4.74 Å². The second-order valence-electron chi connectivity index (χ2n) is 3.73. The van der Waals surface area contributed by atoms with Gasteiger partial charge in [-0.15, -0.1) is 0 Å². The van der Waals surface area contributed by atoms with Crippen molar-refractivity contribution in [2.45, 2.75) is 13.8 Å². The van der Waals surface area contributed by atoms with Gasteiger partial charge in [0.05, 0.1) is 32.5 Å². The molecule has 0 aromatic heterocycles. The molecule has 18 heavy (non-hydrogen) atoms. The third-order valence-corrected chi connectivity index (χ3v) is 2.87. The molecule has 0 unspecified atom stereocenters. The monoisotopic (exact) mass is 252 g/mol. The number of rotatable bonds is 3. The maximum atomic E-state index is 11.8. The third-order valence-electron chi connectivity index (χ3n) is 2.87. The van der Waals surface area contributed by atoms with E-state index in [9.17, 15) is 9.59 Å². The fraction of sp³-hybridized carbons (Fsp3) is 0.385. The van der Waals surface area contributed by atoms with Crippen molar-refractivity contribution in [3.63, 3.8) is 0 Å². The highest BCUT2D eigenvalue weighted by atomic mass is 16.5. The first kappa shape index (κ1) is 14.0. The lowest BCUT2D eigenvalue weighted by atomic mass is 9.96. The Labute approximate surface area is 106 Å². The van der Waals surface area contributed by atoms with E-state index in [4.69, 9.17) is 9.47 Å². The molecular formula is C13H16O5. The predicted octanol–water partition coefficient (Wildman–Crippen LogP) is 1.89. The summed E-state index contributed by atoms with van der Waals surface area (Å²) in [6.45, 7) is 3.54. The lowest BCUT2D eigenvalue weighted by Gasteiger charge is -2.15. The van der Waals surface area contributed by atoms with Gasteiger partial charge in [0, 0.05) is 0 Å². The maximum absolute atomic E-state index is 11.8. The average Bonchev–Trinajstić information content (AvgIpc) is 2.39. The molecule has 5 heteroatoms. The minimum atomic E-state index is -0.600. The molecule has 1 aromatic rings. The first-order valence-electron chi connectivity index (χ1n) is 5.32. The van der Waals surface area contributed by atoms with Crippen LogP contribution >= 0.6 is 0 Å². The molecule has 0 amide bonds. The van der Waals surface area contributed by atoms with Crippen molar-refractivity contribution in [2.24, 2.45) is 0 Å². The standard InChI is InChI=1S/C13H16O5/c1-7-8(2)11(13(15)18-5)9(12(14)17-4)6-10(7)16-3/h6H,1-5H3. The number of carbonyl (C=O) groups excluding carboxylic acids is 2. The summed E-state index contributed by atoms with van der Waals surface area (Å²) in [5, 5.41) is 0. The lowest BCUT2D eigenvalue weighted by Crippen LogP contribution is -2.15. The van der Waals surface area contributed by atoms with E-state index in [0.717, 1.165) is 5.56 Å². The van der Waals surface area contributed by atoms with Crippen LogP contribution in [-0.2, 0) is 9.47 Å². The van der Waals surface area contributed by atoms with Crippen LogP contribution in [0.4, 0.5) is 0 Å². The normalized spacial score (nSPS) is 9.83. The minimum Gasteiger partial charge on any atom is -0.496 e. The second kappa shape index (κ2) is 5.53. The zero-order chi connectivity index (χ0) is 13.9. The van der Waals surface area contributed by atoms with E-state index in [1.165, 1.54) is 27.4 Å². The Kier molecular flexibility index (Phi) is 4.31. The van der Waals surface area contributed by atoms with Crippen LogP contribution in [0, 0.1) is 13.8 Å². The number of ether oxygens (including phenoxy) is 3. The van der Waals surface area contributed by atoms with Crippen LogP contribution < -0.4 is 4.74 Å². The van der Waals surface area contributed by atoms with Crippen molar-refractivity contribution in [3.05, 3.63) is 28.3 Å². The molecule has 0 N–H and O–H groups in total. The topological polar surface area (TPSA) is 61.8 Å². The molecule has 0 aliphatic heterocycles. The summed E-state index contributed by atoms with van der Waals surface area (Å²) < 4.78 is 14.5. The third kappa shape index (κ3) is 2.30. The van der Waals surface area contributed by atoms with Gasteiger partial charge in [-0.05, 0) is 31.0 Å². The Bertz CT molecular complexity index is 491. The van der Waals surface area contributed by atoms with E-state index >= 15 is 0 Å². The molecule has 1 rings (SSSR count). The van der Waals surface area contributed by atoms with Crippen LogP contribution in [0.3, 0.4) is 0 Å². The Morgan fingerprint density at radius 3 is 1.94 bits per heavy atom. The van der Waals surface area contributed by atoms with Crippen molar-refractivity contribution in [2.75, 3.05) is 21.3 Å². The summed E-state index contributed by atoms with van der Waals surface area (Å²) in [5.41, 5.74) is 1.78. The largest absolute Gasteiger partial charge is 0.496 e. The maximum Gasteiger partial charge on any atom is 0.339 e. The van der Waals surface area contributed by atoms with E-state index in [-0.39, 0.29) is 11.1 Å². The highest BCUT2D eigenvalue weighted by molar-refractivity contribution is 6.04. The number of methoxy groups -OCH3 is 3. The molecule has 0 spiro atoms. The second-order valence-corrected chi connectivity index (χ2v) is 3.73. The van der Waals surface area contributed by atoms with Gasteiger partial charge < -0.3 is 14.2 Å². The highest BCUT2D eigenvalue weighted by Crippen LogP contribution is 2.28. The molecule has 0 bridgehead atoms. The van der Waals surface area contributed by atoms with E-state index in [0.29, 0.717) is 11.3 Å². The zero-order valence-corrected chi connectivity index (χ0v) is 11.1. The summed E-state index contributed by atoms with van der Waals surface area (Å²) in [4.78, 5) is 23.5. The Balaban J connectivity index is 3.60. The number of benzene rings is 1. The van der Waals surface area contributed by atoms with Gasteiger partial charge in [0.1, 0.15) is 5.75 Å². The van der Waals surface area contributed by atoms with Crippen molar-refractivity contribution in [3.8, 4) is 5.75 Å². The van der Waals surface area contributed by atoms with E-state index < -0.39 is 11.9 Å². The Morgan fingerprint density at radius 2 is 1.50 bits per heavy atom. The van der Waals surface area contributed by atoms with Gasteiger partial charge in [-0.25, -0.2) is 9.59 Å². The summed E-state index contributed by atoms with van der Waals surface area (Å²) >= 11 is 0. The zero-order valence-electron chi connectivity index (χ0n) is 11.1. The van der Waals surface area contributed by atoms with Crippen LogP contribution in [0.25, 0.3) is 0 Å². The van der Waals surface area contributed by atoms with Gasteiger partial charge in [-0.2, -0.15) is 0 Å². The predicted molar refractivity (Wildman–Crippen MR) is 65.1 cm³/mol. The first-order chi connectivity index (χ1) is 8.47. The summed E-state index contributed by atoms with van der Waals surface area (Å²) in [7, 11) is 4.02. The van der Waals surface area contributed by atoms with Gasteiger partial charge in [0.2, 0.25) is 0 Å². The summed E-state index contributed by atoms with van der Waals surface area (Å²) in [6, 6.07) is 1.49. The average molecular weight is 252 g/mol. The number of hydrogen-bond donors (Lipinski definition) is 0. The van der Waals surface area contributed by atoms with Gasteiger partial charge >= 0.3 is 11.9 Å². The Morgan fingerprint density at radius 1 is 0.944 bits per heavy atom. The SMILES string of the molecule is COC(=O)c1cc(OC)c(C)c(C)c1C(=O)OC. The lowest BCUT2D eigenvalue weighted by molar-refractivity contribution is 0.0554. The number of esters is 2. The fourth-order valence-corrected chi connectivity index (χ4v) is 1.73. The minimum absolute atomic E-state index is 0.143. The van der Waals surface area contributed by atoms with Crippen molar-refractivity contribution in [1.29, 1.82) is 0 Å². The van der Waals surface area contributed by atoms with Crippen molar-refractivity contribution >= 4 is 11.9 Å². The van der Waals surface area contributed by atoms with Gasteiger partial charge in [-0.3, -0.25) is 0 Å². The molecule has 5 nitrogen and oxygen atoms in total. The van der Waals surface area contributed by atoms with Crippen LogP contribution in [-0.4, -0.2) is 33.3 Å². The quantitative estimate of drug-likeness (QED) is 0.769. The molecule has 98 valence electrons. The molecule has 0 atom stereocenters. The van der Waals surface area contributed by atoms with Crippen molar-refractivity contribution < 1.29 is 23.8 Å². The first-order valence-corrected chi connectivity index (χ1v) is 5.32. The number of carbonyl (C=O) groups is 2. The summed E-state index contributed by atoms with van der Waals surface area (Å²) in [5.74, 6) is -0.643. The molecule has 0 saturated heterocycles. The van der Waals surface area contributed by atoms with Gasteiger partial charge in [-0.1, -0.05) is 0 Å². The van der Waals surface area contributed by atoms with Crippen LogP contribution in [0.5, 0.6) is 5.75 Å². The molecule has 0 heterocycles. The molecule has 0 fully saturated rings. The molecule has 0 saturated carbocycles. The van der Waals surface area contributed by atoms with Crippen molar-refractivity contribution in [1.82, 2.24) is 0 Å². The van der Waals surface area contributed by atoms with Gasteiger partial charge in [0.15, 0.2) is 0 Å². The highest BCUT2D eigenvalue weighted by Gasteiger charge is 2.24. The number of hydrogen-bond acceptors (Lipinski definition) is 5. The van der Waals surface area contributed by atoms with E-state index in [1.54, 1.807) is 6.92 Å². The molecule has 1 aromatic carbocycles.